The highest BCUT2D eigenvalue weighted by molar-refractivity contribution is 6.21. The predicted molar refractivity (Wildman–Crippen MR) is 59.7 cm³/mol. The molecule has 0 saturated heterocycles. The van der Waals surface area contributed by atoms with Gasteiger partial charge in [0.2, 0.25) is 5.76 Å². The molecule has 0 aliphatic rings. The minimum atomic E-state index is -0.234. The van der Waals surface area contributed by atoms with Crippen molar-refractivity contribution >= 4 is 17.5 Å². The van der Waals surface area contributed by atoms with Crippen LogP contribution in [0.1, 0.15) is 16.2 Å². The summed E-state index contributed by atoms with van der Waals surface area (Å²) >= 11 is 5.96. The number of hydrogen-bond acceptors (Lipinski definition) is 4. The van der Waals surface area contributed by atoms with Crippen LogP contribution in [0.15, 0.2) is 10.8 Å². The van der Waals surface area contributed by atoms with Gasteiger partial charge in [-0.3, -0.25) is 4.79 Å². The Kier molecular flexibility index (Phi) is 4.76. The first-order chi connectivity index (χ1) is 7.56. The molecule has 0 spiro atoms. The van der Waals surface area contributed by atoms with E-state index in [1.165, 1.54) is 11.3 Å². The SMILES string of the molecule is COCC(Cl)CN(C)C(=O)c1ocnc1C. The van der Waals surface area contributed by atoms with E-state index in [0.29, 0.717) is 18.8 Å². The predicted octanol–water partition coefficient (Wildman–Crippen LogP) is 1.31. The number of ether oxygens (including phenoxy) is 1. The number of hydrogen-bond donors (Lipinski definition) is 0. The van der Waals surface area contributed by atoms with E-state index in [1.54, 1.807) is 21.1 Å². The molecule has 1 amide bonds. The molecule has 5 nitrogen and oxygen atoms in total. The zero-order valence-corrected chi connectivity index (χ0v) is 10.3. The number of aromatic nitrogens is 1. The van der Waals surface area contributed by atoms with Crippen LogP contribution in [0.2, 0.25) is 0 Å². The van der Waals surface area contributed by atoms with Crippen LogP contribution >= 0.6 is 11.6 Å². The van der Waals surface area contributed by atoms with Gasteiger partial charge in [0.05, 0.1) is 17.7 Å². The van der Waals surface area contributed by atoms with Crippen LogP contribution in [0.25, 0.3) is 0 Å². The van der Waals surface area contributed by atoms with Gasteiger partial charge < -0.3 is 14.1 Å². The monoisotopic (exact) mass is 246 g/mol. The molecular formula is C10H15ClN2O3. The van der Waals surface area contributed by atoms with E-state index in [0.717, 1.165) is 0 Å². The molecule has 6 heteroatoms. The maximum absolute atomic E-state index is 11.9. The molecule has 0 radical (unpaired) electrons. The first-order valence-electron chi connectivity index (χ1n) is 4.84. The summed E-state index contributed by atoms with van der Waals surface area (Å²) in [7, 11) is 3.23. The number of rotatable bonds is 5. The lowest BCUT2D eigenvalue weighted by Gasteiger charge is -2.18. The first-order valence-corrected chi connectivity index (χ1v) is 5.28. The van der Waals surface area contributed by atoms with Gasteiger partial charge >= 0.3 is 0 Å². The highest BCUT2D eigenvalue weighted by atomic mass is 35.5. The topological polar surface area (TPSA) is 55.6 Å². The van der Waals surface area contributed by atoms with Crippen molar-refractivity contribution in [2.45, 2.75) is 12.3 Å². The van der Waals surface area contributed by atoms with E-state index in [4.69, 9.17) is 20.8 Å². The maximum Gasteiger partial charge on any atom is 0.291 e. The summed E-state index contributed by atoms with van der Waals surface area (Å²) in [6.45, 7) is 2.51. The van der Waals surface area contributed by atoms with Crippen molar-refractivity contribution in [2.75, 3.05) is 27.3 Å². The molecule has 1 aromatic rings. The number of oxazole rings is 1. The van der Waals surface area contributed by atoms with Gasteiger partial charge in [-0.05, 0) is 6.92 Å². The molecule has 0 aliphatic carbocycles. The zero-order valence-electron chi connectivity index (χ0n) is 9.57. The standard InChI is InChI=1S/C10H15ClN2O3/c1-7-9(16-6-12-7)10(14)13(2)4-8(11)5-15-3/h6,8H,4-5H2,1-3H3. The normalized spacial score (nSPS) is 12.5. The van der Waals surface area contributed by atoms with E-state index in [1.807, 2.05) is 0 Å². The summed E-state index contributed by atoms with van der Waals surface area (Å²) in [6.07, 6.45) is 1.25. The van der Waals surface area contributed by atoms with Gasteiger partial charge in [-0.25, -0.2) is 4.98 Å². The fourth-order valence-corrected chi connectivity index (χ4v) is 1.63. The van der Waals surface area contributed by atoms with Crippen LogP contribution in [0.4, 0.5) is 0 Å². The highest BCUT2D eigenvalue weighted by Crippen LogP contribution is 2.09. The van der Waals surface area contributed by atoms with Gasteiger partial charge in [-0.1, -0.05) is 0 Å². The second-order valence-corrected chi connectivity index (χ2v) is 4.12. The fourth-order valence-electron chi connectivity index (χ4n) is 1.29. The third kappa shape index (κ3) is 3.21. The van der Waals surface area contributed by atoms with E-state index in [9.17, 15) is 4.79 Å². The Labute approximate surface area is 99.3 Å². The van der Waals surface area contributed by atoms with Crippen LogP contribution < -0.4 is 0 Å². The number of carbonyl (C=O) groups is 1. The van der Waals surface area contributed by atoms with Crippen molar-refractivity contribution in [3.8, 4) is 0 Å². The van der Waals surface area contributed by atoms with Crippen LogP contribution in [0.3, 0.4) is 0 Å². The lowest BCUT2D eigenvalue weighted by atomic mass is 10.3. The average Bonchev–Trinajstić information content (AvgIpc) is 2.63. The largest absolute Gasteiger partial charge is 0.438 e. The van der Waals surface area contributed by atoms with Crippen molar-refractivity contribution in [2.24, 2.45) is 0 Å². The lowest BCUT2D eigenvalue weighted by Crippen LogP contribution is -2.34. The molecule has 90 valence electrons. The molecule has 1 unspecified atom stereocenters. The number of alkyl halides is 1. The smallest absolute Gasteiger partial charge is 0.291 e. The van der Waals surface area contributed by atoms with Gasteiger partial charge in [0, 0.05) is 20.7 Å². The third-order valence-electron chi connectivity index (χ3n) is 2.11. The quantitative estimate of drug-likeness (QED) is 0.735. The number of aryl methyl sites for hydroxylation is 1. The Bertz CT molecular complexity index is 354. The second-order valence-electron chi connectivity index (χ2n) is 3.51. The number of methoxy groups -OCH3 is 1. The van der Waals surface area contributed by atoms with Gasteiger partial charge in [0.15, 0.2) is 6.39 Å². The number of carbonyl (C=O) groups excluding carboxylic acids is 1. The molecule has 16 heavy (non-hydrogen) atoms. The summed E-state index contributed by atoms with van der Waals surface area (Å²) in [4.78, 5) is 17.2. The van der Waals surface area contributed by atoms with E-state index >= 15 is 0 Å². The van der Waals surface area contributed by atoms with Gasteiger partial charge in [0.1, 0.15) is 0 Å². The van der Waals surface area contributed by atoms with Crippen molar-refractivity contribution < 1.29 is 13.9 Å². The fraction of sp³-hybridized carbons (Fsp3) is 0.600. The van der Waals surface area contributed by atoms with Gasteiger partial charge in [-0.15, -0.1) is 11.6 Å². The van der Waals surface area contributed by atoms with Crippen molar-refractivity contribution in [3.05, 3.63) is 17.8 Å². The number of nitrogens with zero attached hydrogens (tertiary/aromatic N) is 2. The first kappa shape index (κ1) is 13.0. The second kappa shape index (κ2) is 5.86. The summed E-state index contributed by atoms with van der Waals surface area (Å²) in [5.74, 6) is 0.0283. The Hall–Kier alpha value is -1.07. The molecule has 0 bridgehead atoms. The zero-order chi connectivity index (χ0) is 12.1. The van der Waals surface area contributed by atoms with Crippen LogP contribution in [0.5, 0.6) is 0 Å². The van der Waals surface area contributed by atoms with Gasteiger partial charge in [0.25, 0.3) is 5.91 Å². The molecular weight excluding hydrogens is 232 g/mol. The van der Waals surface area contributed by atoms with E-state index < -0.39 is 0 Å². The molecule has 0 aromatic carbocycles. The maximum atomic E-state index is 11.9. The molecule has 1 aromatic heterocycles. The molecule has 1 heterocycles. The summed E-state index contributed by atoms with van der Waals surface area (Å²) in [6, 6.07) is 0. The molecule has 0 saturated carbocycles. The molecule has 1 atom stereocenters. The Morgan fingerprint density at radius 3 is 2.94 bits per heavy atom. The lowest BCUT2D eigenvalue weighted by molar-refractivity contribution is 0.0749. The third-order valence-corrected chi connectivity index (χ3v) is 2.37. The Morgan fingerprint density at radius 2 is 2.44 bits per heavy atom. The van der Waals surface area contributed by atoms with Crippen LogP contribution in [-0.2, 0) is 4.74 Å². The van der Waals surface area contributed by atoms with Gasteiger partial charge in [-0.2, -0.15) is 0 Å². The van der Waals surface area contributed by atoms with Crippen molar-refractivity contribution in [1.82, 2.24) is 9.88 Å². The minimum absolute atomic E-state index is 0.225. The van der Waals surface area contributed by atoms with E-state index in [2.05, 4.69) is 4.98 Å². The highest BCUT2D eigenvalue weighted by Gasteiger charge is 2.20. The van der Waals surface area contributed by atoms with E-state index in [-0.39, 0.29) is 17.0 Å². The Morgan fingerprint density at radius 1 is 1.75 bits per heavy atom. The number of halogens is 1. The summed E-state index contributed by atoms with van der Waals surface area (Å²) < 4.78 is 9.91. The minimum Gasteiger partial charge on any atom is -0.438 e. The summed E-state index contributed by atoms with van der Waals surface area (Å²) in [5, 5.41) is -0.234. The summed E-state index contributed by atoms with van der Waals surface area (Å²) in [5.41, 5.74) is 0.578. The van der Waals surface area contributed by atoms with Crippen LogP contribution in [0, 0.1) is 6.92 Å². The molecule has 0 fully saturated rings. The average molecular weight is 247 g/mol. The van der Waals surface area contributed by atoms with Crippen molar-refractivity contribution in [3.63, 3.8) is 0 Å². The molecule has 0 aliphatic heterocycles. The molecule has 0 N–H and O–H groups in total. The number of amides is 1. The molecule has 1 rings (SSSR count). The van der Waals surface area contributed by atoms with Crippen LogP contribution in [-0.4, -0.2) is 48.5 Å². The Balaban J connectivity index is 2.58. The van der Waals surface area contributed by atoms with Crippen molar-refractivity contribution in [1.29, 1.82) is 0 Å².